The molecule has 1 amide bonds. The molecule has 0 aliphatic heterocycles. The number of rotatable bonds is 3. The molecule has 0 bridgehead atoms. The zero-order valence-corrected chi connectivity index (χ0v) is 10.9. The van der Waals surface area contributed by atoms with Gasteiger partial charge < -0.3 is 11.1 Å². The van der Waals surface area contributed by atoms with Crippen molar-refractivity contribution in [2.75, 3.05) is 5.73 Å². The summed E-state index contributed by atoms with van der Waals surface area (Å²) in [4.78, 5) is 11.9. The number of hydrogen-bond donors (Lipinski definition) is 2. The van der Waals surface area contributed by atoms with Crippen LogP contribution in [-0.2, 0) is 6.54 Å². The second kappa shape index (κ2) is 5.69. The summed E-state index contributed by atoms with van der Waals surface area (Å²) in [6, 6.07) is 9.17. The van der Waals surface area contributed by atoms with Gasteiger partial charge in [-0.25, -0.2) is 8.78 Å². The van der Waals surface area contributed by atoms with Gasteiger partial charge in [0.25, 0.3) is 5.91 Å². The van der Waals surface area contributed by atoms with Crippen LogP contribution in [0.4, 0.5) is 14.5 Å². The van der Waals surface area contributed by atoms with Crippen LogP contribution in [0.5, 0.6) is 0 Å². The van der Waals surface area contributed by atoms with Crippen LogP contribution in [0.1, 0.15) is 21.5 Å². The van der Waals surface area contributed by atoms with E-state index in [1.165, 1.54) is 0 Å². The molecule has 3 N–H and O–H groups in total. The van der Waals surface area contributed by atoms with Crippen LogP contribution >= 0.6 is 0 Å². The molecule has 0 aromatic heterocycles. The van der Waals surface area contributed by atoms with Crippen molar-refractivity contribution in [3.63, 3.8) is 0 Å². The predicted octanol–water partition coefficient (Wildman–Crippen LogP) is 2.79. The molecule has 0 radical (unpaired) electrons. The van der Waals surface area contributed by atoms with Crippen LogP contribution in [0.3, 0.4) is 0 Å². The average molecular weight is 276 g/mol. The standard InChI is InChI=1S/C15H14F2N2O/c1-9-3-2-4-10(5-9)8-19-15(20)11-6-14(18)13(17)7-12(11)16/h2-7H,8,18H2,1H3,(H,19,20). The van der Waals surface area contributed by atoms with Crippen molar-refractivity contribution < 1.29 is 13.6 Å². The van der Waals surface area contributed by atoms with Gasteiger partial charge in [-0.1, -0.05) is 29.8 Å². The Bertz CT molecular complexity index is 656. The van der Waals surface area contributed by atoms with Crippen LogP contribution in [0, 0.1) is 18.6 Å². The van der Waals surface area contributed by atoms with E-state index in [2.05, 4.69) is 5.32 Å². The maximum Gasteiger partial charge on any atom is 0.254 e. The summed E-state index contributed by atoms with van der Waals surface area (Å²) < 4.78 is 26.5. The lowest BCUT2D eigenvalue weighted by atomic mass is 10.1. The third-order valence-corrected chi connectivity index (χ3v) is 2.87. The third kappa shape index (κ3) is 3.12. The largest absolute Gasteiger partial charge is 0.396 e. The Morgan fingerprint density at radius 1 is 1.20 bits per heavy atom. The van der Waals surface area contributed by atoms with Crippen LogP contribution in [0.15, 0.2) is 36.4 Å². The highest BCUT2D eigenvalue weighted by Crippen LogP contribution is 2.16. The summed E-state index contributed by atoms with van der Waals surface area (Å²) in [6.45, 7) is 2.20. The molecule has 5 heteroatoms. The van der Waals surface area contributed by atoms with Crippen molar-refractivity contribution in [2.45, 2.75) is 13.5 Å². The van der Waals surface area contributed by atoms with Crippen molar-refractivity contribution in [2.24, 2.45) is 0 Å². The highest BCUT2D eigenvalue weighted by molar-refractivity contribution is 5.95. The number of nitrogens with one attached hydrogen (secondary N) is 1. The van der Waals surface area contributed by atoms with Crippen LogP contribution in [0.2, 0.25) is 0 Å². The molecule has 0 unspecified atom stereocenters. The molecule has 0 saturated carbocycles. The second-order valence-electron chi connectivity index (χ2n) is 4.53. The lowest BCUT2D eigenvalue weighted by Gasteiger charge is -2.08. The van der Waals surface area contributed by atoms with E-state index < -0.39 is 17.5 Å². The number of hydrogen-bond acceptors (Lipinski definition) is 2. The van der Waals surface area contributed by atoms with Crippen molar-refractivity contribution in [1.82, 2.24) is 5.32 Å². The van der Waals surface area contributed by atoms with Gasteiger partial charge in [0.15, 0.2) is 0 Å². The van der Waals surface area contributed by atoms with E-state index in [1.54, 1.807) is 0 Å². The first-order valence-electron chi connectivity index (χ1n) is 6.05. The van der Waals surface area contributed by atoms with E-state index in [0.29, 0.717) is 6.07 Å². The molecule has 0 fully saturated rings. The zero-order chi connectivity index (χ0) is 14.7. The topological polar surface area (TPSA) is 55.1 Å². The summed E-state index contributed by atoms with van der Waals surface area (Å²) in [5, 5.41) is 2.57. The second-order valence-corrected chi connectivity index (χ2v) is 4.53. The average Bonchev–Trinajstić information content (AvgIpc) is 2.40. The molecular weight excluding hydrogens is 262 g/mol. The molecule has 0 aliphatic carbocycles. The smallest absolute Gasteiger partial charge is 0.254 e. The van der Waals surface area contributed by atoms with Gasteiger partial charge >= 0.3 is 0 Å². The molecule has 0 saturated heterocycles. The monoisotopic (exact) mass is 276 g/mol. The molecule has 104 valence electrons. The SMILES string of the molecule is Cc1cccc(CNC(=O)c2cc(N)c(F)cc2F)c1. The van der Waals surface area contributed by atoms with E-state index in [0.717, 1.165) is 17.2 Å². The summed E-state index contributed by atoms with van der Waals surface area (Å²) in [5.74, 6) is -2.44. The Labute approximate surface area is 115 Å². The van der Waals surface area contributed by atoms with Gasteiger partial charge in [-0.2, -0.15) is 0 Å². The fourth-order valence-electron chi connectivity index (χ4n) is 1.84. The molecule has 0 spiro atoms. The number of amides is 1. The number of nitrogens with two attached hydrogens (primary N) is 1. The fourth-order valence-corrected chi connectivity index (χ4v) is 1.84. The Balaban J connectivity index is 2.11. The molecule has 0 aliphatic rings. The summed E-state index contributed by atoms with van der Waals surface area (Å²) in [7, 11) is 0. The maximum atomic E-state index is 13.5. The fraction of sp³-hybridized carbons (Fsp3) is 0.133. The Kier molecular flexibility index (Phi) is 3.98. The minimum Gasteiger partial charge on any atom is -0.396 e. The van der Waals surface area contributed by atoms with E-state index in [9.17, 15) is 13.6 Å². The van der Waals surface area contributed by atoms with Gasteiger partial charge in [0.1, 0.15) is 11.6 Å². The van der Waals surface area contributed by atoms with Crippen molar-refractivity contribution in [3.8, 4) is 0 Å². The molecule has 2 aromatic carbocycles. The summed E-state index contributed by atoms with van der Waals surface area (Å²) in [5.41, 5.74) is 6.77. The minimum absolute atomic E-state index is 0.257. The normalized spacial score (nSPS) is 10.3. The van der Waals surface area contributed by atoms with E-state index >= 15 is 0 Å². The minimum atomic E-state index is -0.932. The number of halogens is 2. The van der Waals surface area contributed by atoms with Gasteiger partial charge in [-0.3, -0.25) is 4.79 Å². The highest BCUT2D eigenvalue weighted by Gasteiger charge is 2.14. The molecular formula is C15H14F2N2O. The molecule has 2 rings (SSSR count). The summed E-state index contributed by atoms with van der Waals surface area (Å²) in [6.07, 6.45) is 0. The van der Waals surface area contributed by atoms with Gasteiger partial charge in [-0.15, -0.1) is 0 Å². The summed E-state index contributed by atoms with van der Waals surface area (Å²) >= 11 is 0. The van der Waals surface area contributed by atoms with Crippen LogP contribution < -0.4 is 11.1 Å². The Hall–Kier alpha value is -2.43. The lowest BCUT2D eigenvalue weighted by Crippen LogP contribution is -2.24. The number of carbonyl (C=O) groups is 1. The van der Waals surface area contributed by atoms with E-state index in [1.807, 2.05) is 31.2 Å². The number of carbonyl (C=O) groups excluding carboxylic acids is 1. The first-order valence-corrected chi connectivity index (χ1v) is 6.05. The first-order chi connectivity index (χ1) is 9.47. The van der Waals surface area contributed by atoms with Crippen molar-refractivity contribution >= 4 is 11.6 Å². The van der Waals surface area contributed by atoms with E-state index in [-0.39, 0.29) is 17.8 Å². The predicted molar refractivity (Wildman–Crippen MR) is 73.1 cm³/mol. The van der Waals surface area contributed by atoms with Crippen LogP contribution in [-0.4, -0.2) is 5.91 Å². The number of nitrogen functional groups attached to an aromatic ring is 1. The van der Waals surface area contributed by atoms with Gasteiger partial charge in [0.2, 0.25) is 0 Å². The van der Waals surface area contributed by atoms with Gasteiger partial charge in [0.05, 0.1) is 11.3 Å². The van der Waals surface area contributed by atoms with Crippen LogP contribution in [0.25, 0.3) is 0 Å². The molecule has 2 aromatic rings. The Morgan fingerprint density at radius 2 is 1.95 bits per heavy atom. The molecule has 20 heavy (non-hydrogen) atoms. The molecule has 3 nitrogen and oxygen atoms in total. The Morgan fingerprint density at radius 3 is 2.65 bits per heavy atom. The molecule has 0 heterocycles. The van der Waals surface area contributed by atoms with E-state index in [4.69, 9.17) is 5.73 Å². The number of aryl methyl sites for hydroxylation is 1. The van der Waals surface area contributed by atoms with Gasteiger partial charge in [-0.05, 0) is 18.6 Å². The quantitative estimate of drug-likeness (QED) is 0.847. The van der Waals surface area contributed by atoms with Gasteiger partial charge in [0, 0.05) is 12.6 Å². The molecule has 0 atom stereocenters. The van der Waals surface area contributed by atoms with Crippen molar-refractivity contribution in [1.29, 1.82) is 0 Å². The van der Waals surface area contributed by atoms with Crippen molar-refractivity contribution in [3.05, 3.63) is 64.7 Å². The highest BCUT2D eigenvalue weighted by atomic mass is 19.1. The first kappa shape index (κ1) is 14.0. The lowest BCUT2D eigenvalue weighted by molar-refractivity contribution is 0.0947. The third-order valence-electron chi connectivity index (χ3n) is 2.87. The number of benzene rings is 2. The zero-order valence-electron chi connectivity index (χ0n) is 10.9. The number of anilines is 1. The maximum absolute atomic E-state index is 13.5.